The van der Waals surface area contributed by atoms with Crippen LogP contribution in [0, 0.1) is 0 Å². The second-order valence-electron chi connectivity index (χ2n) is 5.74. The number of fused-ring (bicyclic) bond motifs is 1. The fourth-order valence-electron chi connectivity index (χ4n) is 2.27. The third kappa shape index (κ3) is 3.67. The van der Waals surface area contributed by atoms with Gasteiger partial charge in [-0.3, -0.25) is 0 Å². The van der Waals surface area contributed by atoms with E-state index in [4.69, 9.17) is 9.84 Å². The Morgan fingerprint density at radius 3 is 2.58 bits per heavy atom. The van der Waals surface area contributed by atoms with Crippen LogP contribution in [-0.2, 0) is 0 Å². The Balaban J connectivity index is 1.83. The Morgan fingerprint density at radius 1 is 1.17 bits per heavy atom. The molecule has 5 nitrogen and oxygen atoms in total. The first-order chi connectivity index (χ1) is 11.6. The van der Waals surface area contributed by atoms with E-state index in [9.17, 15) is 5.11 Å². The van der Waals surface area contributed by atoms with E-state index in [2.05, 4.69) is 34.1 Å². The van der Waals surface area contributed by atoms with Crippen LogP contribution >= 0.6 is 11.3 Å². The molecule has 0 saturated heterocycles. The minimum Gasteiger partial charge on any atom is -0.491 e. The van der Waals surface area contributed by atoms with Gasteiger partial charge < -0.3 is 19.8 Å². The van der Waals surface area contributed by atoms with Crippen molar-refractivity contribution >= 4 is 27.2 Å². The molecule has 0 aliphatic heterocycles. The van der Waals surface area contributed by atoms with Gasteiger partial charge in [0.1, 0.15) is 23.5 Å². The topological polar surface area (TPSA) is 65.8 Å². The van der Waals surface area contributed by atoms with Crippen LogP contribution < -0.4 is 9.64 Å². The summed E-state index contributed by atoms with van der Waals surface area (Å²) in [5, 5.41) is 19.1. The van der Waals surface area contributed by atoms with Gasteiger partial charge >= 0.3 is 0 Å². The van der Waals surface area contributed by atoms with Crippen molar-refractivity contribution in [3.63, 3.8) is 0 Å². The normalized spacial score (nSPS) is 12.3. The summed E-state index contributed by atoms with van der Waals surface area (Å²) < 4.78 is 6.51. The highest BCUT2D eigenvalue weighted by Gasteiger charge is 2.09. The van der Waals surface area contributed by atoms with Crippen LogP contribution in [0.1, 0.15) is 0 Å². The number of aliphatic hydroxyl groups is 2. The van der Waals surface area contributed by atoms with Crippen LogP contribution in [-0.4, -0.2) is 48.6 Å². The van der Waals surface area contributed by atoms with Gasteiger partial charge in [0, 0.05) is 25.3 Å². The zero-order chi connectivity index (χ0) is 17.1. The molecule has 1 heterocycles. The average molecular weight is 344 g/mol. The predicted octanol–water partition coefficient (Wildman–Crippen LogP) is 2.76. The lowest BCUT2D eigenvalue weighted by Crippen LogP contribution is -2.21. The maximum atomic E-state index is 9.36. The molecule has 0 bridgehead atoms. The fraction of sp³-hybridized carbons (Fsp3) is 0.278. The Hall–Kier alpha value is -2.15. The molecule has 2 N–H and O–H groups in total. The summed E-state index contributed by atoms with van der Waals surface area (Å²) in [4.78, 5) is 6.73. The molecule has 1 aromatic heterocycles. The number of aliphatic hydroxyl groups excluding tert-OH is 2. The maximum Gasteiger partial charge on any atom is 0.124 e. The molecule has 6 heteroatoms. The van der Waals surface area contributed by atoms with Crippen molar-refractivity contribution in [3.8, 4) is 16.3 Å². The van der Waals surface area contributed by atoms with E-state index in [0.29, 0.717) is 5.75 Å². The Labute approximate surface area is 144 Å². The molecular formula is C18H20N2O3S. The molecule has 0 radical (unpaired) electrons. The Kier molecular flexibility index (Phi) is 4.99. The van der Waals surface area contributed by atoms with Gasteiger partial charge in [-0.05, 0) is 42.5 Å². The van der Waals surface area contributed by atoms with Crippen LogP contribution in [0.2, 0.25) is 0 Å². The van der Waals surface area contributed by atoms with Crippen molar-refractivity contribution in [1.29, 1.82) is 0 Å². The summed E-state index contributed by atoms with van der Waals surface area (Å²) in [6.45, 7) is -0.241. The minimum atomic E-state index is -0.868. The molecule has 0 fully saturated rings. The van der Waals surface area contributed by atoms with E-state index >= 15 is 0 Å². The van der Waals surface area contributed by atoms with Crippen LogP contribution in [0.25, 0.3) is 20.8 Å². The van der Waals surface area contributed by atoms with E-state index in [1.807, 2.05) is 32.3 Å². The fourth-order valence-corrected chi connectivity index (χ4v) is 3.27. The zero-order valence-corrected chi connectivity index (χ0v) is 14.5. The molecule has 0 aliphatic rings. The predicted molar refractivity (Wildman–Crippen MR) is 98.0 cm³/mol. The molecule has 2 aromatic carbocycles. The molecule has 0 amide bonds. The first kappa shape index (κ1) is 16.7. The summed E-state index contributed by atoms with van der Waals surface area (Å²) in [5.41, 5.74) is 3.15. The molecule has 126 valence electrons. The Bertz CT molecular complexity index is 815. The smallest absolute Gasteiger partial charge is 0.124 e. The minimum absolute atomic E-state index is 0.0691. The van der Waals surface area contributed by atoms with Crippen molar-refractivity contribution in [2.24, 2.45) is 0 Å². The highest BCUT2D eigenvalue weighted by atomic mass is 32.1. The van der Waals surface area contributed by atoms with Crippen LogP contribution in [0.15, 0.2) is 42.5 Å². The second-order valence-corrected chi connectivity index (χ2v) is 6.77. The van der Waals surface area contributed by atoms with E-state index in [1.165, 1.54) is 0 Å². The molecule has 0 spiro atoms. The number of nitrogens with zero attached hydrogens (tertiary/aromatic N) is 2. The third-order valence-corrected chi connectivity index (χ3v) is 4.71. The average Bonchev–Trinajstić information content (AvgIpc) is 3.03. The van der Waals surface area contributed by atoms with E-state index in [-0.39, 0.29) is 13.2 Å². The molecule has 3 rings (SSSR count). The summed E-state index contributed by atoms with van der Waals surface area (Å²) in [6.07, 6.45) is -0.868. The monoisotopic (exact) mass is 344 g/mol. The van der Waals surface area contributed by atoms with Crippen LogP contribution in [0.4, 0.5) is 5.69 Å². The standard InChI is InChI=1S/C18H20N2O3S/c1-20(2)13-5-3-12(4-6-13)18-19-16-8-7-15(9-17(16)24-18)23-11-14(22)10-21/h3-9,14,21-22H,10-11H2,1-2H3/t14-/m1/s1. The molecule has 0 saturated carbocycles. The van der Waals surface area contributed by atoms with Crippen molar-refractivity contribution < 1.29 is 14.9 Å². The second kappa shape index (κ2) is 7.17. The van der Waals surface area contributed by atoms with Gasteiger partial charge in [-0.2, -0.15) is 0 Å². The molecule has 24 heavy (non-hydrogen) atoms. The van der Waals surface area contributed by atoms with E-state index in [0.717, 1.165) is 26.5 Å². The van der Waals surface area contributed by atoms with Gasteiger partial charge in [0.2, 0.25) is 0 Å². The number of hydrogen-bond acceptors (Lipinski definition) is 6. The largest absolute Gasteiger partial charge is 0.491 e. The van der Waals surface area contributed by atoms with Gasteiger partial charge in [0.25, 0.3) is 0 Å². The molecule has 3 aromatic rings. The van der Waals surface area contributed by atoms with E-state index < -0.39 is 6.10 Å². The number of anilines is 1. The lowest BCUT2D eigenvalue weighted by molar-refractivity contribution is 0.0536. The SMILES string of the molecule is CN(C)c1ccc(-c2nc3ccc(OC[C@H](O)CO)cc3s2)cc1. The van der Waals surface area contributed by atoms with E-state index in [1.54, 1.807) is 11.3 Å². The first-order valence-electron chi connectivity index (χ1n) is 7.67. The van der Waals surface area contributed by atoms with Gasteiger partial charge in [-0.25, -0.2) is 4.98 Å². The first-order valence-corrected chi connectivity index (χ1v) is 8.48. The lowest BCUT2D eigenvalue weighted by atomic mass is 10.2. The third-order valence-electron chi connectivity index (χ3n) is 3.64. The quantitative estimate of drug-likeness (QED) is 0.720. The maximum absolute atomic E-state index is 9.36. The van der Waals surface area contributed by atoms with Crippen molar-refractivity contribution in [3.05, 3.63) is 42.5 Å². The molecular weight excluding hydrogens is 324 g/mol. The summed E-state index contributed by atoms with van der Waals surface area (Å²) in [7, 11) is 4.03. The lowest BCUT2D eigenvalue weighted by Gasteiger charge is -2.11. The number of ether oxygens (including phenoxy) is 1. The number of hydrogen-bond donors (Lipinski definition) is 2. The zero-order valence-electron chi connectivity index (χ0n) is 13.6. The van der Waals surface area contributed by atoms with Gasteiger partial charge in [-0.15, -0.1) is 11.3 Å². The van der Waals surface area contributed by atoms with Crippen LogP contribution in [0.5, 0.6) is 5.75 Å². The Morgan fingerprint density at radius 2 is 1.92 bits per heavy atom. The van der Waals surface area contributed by atoms with Gasteiger partial charge in [-0.1, -0.05) is 0 Å². The molecule has 1 atom stereocenters. The van der Waals surface area contributed by atoms with Crippen molar-refractivity contribution in [2.75, 3.05) is 32.2 Å². The van der Waals surface area contributed by atoms with Crippen molar-refractivity contribution in [1.82, 2.24) is 4.98 Å². The summed E-state index contributed by atoms with van der Waals surface area (Å²) in [6, 6.07) is 13.9. The van der Waals surface area contributed by atoms with Crippen LogP contribution in [0.3, 0.4) is 0 Å². The van der Waals surface area contributed by atoms with Crippen molar-refractivity contribution in [2.45, 2.75) is 6.10 Å². The molecule has 0 unspecified atom stereocenters. The molecule has 0 aliphatic carbocycles. The number of rotatable bonds is 6. The highest BCUT2D eigenvalue weighted by molar-refractivity contribution is 7.21. The highest BCUT2D eigenvalue weighted by Crippen LogP contribution is 2.33. The number of thiazole rings is 1. The van der Waals surface area contributed by atoms with Gasteiger partial charge in [0.15, 0.2) is 0 Å². The van der Waals surface area contributed by atoms with Gasteiger partial charge in [0.05, 0.1) is 16.8 Å². The number of aromatic nitrogens is 1. The summed E-state index contributed by atoms with van der Waals surface area (Å²) >= 11 is 1.60. The summed E-state index contributed by atoms with van der Waals surface area (Å²) in [5.74, 6) is 0.660. The number of benzene rings is 2.